The second-order valence-electron chi connectivity index (χ2n) is 2.47. The minimum atomic E-state index is -2.95. The van der Waals surface area contributed by atoms with Gasteiger partial charge in [0.25, 0.3) is 6.43 Å². The maximum atomic E-state index is 13.2. The standard InChI is InChI=1S/C8H8F3NO2/c1-14-7-5(3-13)12-2-4(6(7)9)8(10)11/h2,8,13H,3H2,1H3. The van der Waals surface area contributed by atoms with Crippen LogP contribution >= 0.6 is 0 Å². The summed E-state index contributed by atoms with van der Waals surface area (Å²) in [6, 6.07) is 0. The summed E-state index contributed by atoms with van der Waals surface area (Å²) in [6.07, 6.45) is -2.27. The summed E-state index contributed by atoms with van der Waals surface area (Å²) in [7, 11) is 1.12. The molecule has 1 aromatic rings. The third-order valence-corrected chi connectivity index (χ3v) is 1.66. The average molecular weight is 207 g/mol. The molecular weight excluding hydrogens is 199 g/mol. The Labute approximate surface area is 78.2 Å². The second-order valence-corrected chi connectivity index (χ2v) is 2.47. The fourth-order valence-electron chi connectivity index (χ4n) is 0.993. The molecule has 0 saturated carbocycles. The highest BCUT2D eigenvalue weighted by Gasteiger charge is 2.20. The highest BCUT2D eigenvalue weighted by molar-refractivity contribution is 5.34. The zero-order chi connectivity index (χ0) is 10.7. The predicted octanol–water partition coefficient (Wildman–Crippen LogP) is 1.66. The lowest BCUT2D eigenvalue weighted by Gasteiger charge is -2.09. The number of halogens is 3. The van der Waals surface area contributed by atoms with Gasteiger partial charge in [-0.05, 0) is 0 Å². The highest BCUT2D eigenvalue weighted by atomic mass is 19.3. The van der Waals surface area contributed by atoms with Gasteiger partial charge in [-0.1, -0.05) is 0 Å². The van der Waals surface area contributed by atoms with E-state index in [0.717, 1.165) is 7.11 Å². The molecule has 0 aliphatic heterocycles. The molecule has 0 aromatic carbocycles. The van der Waals surface area contributed by atoms with Crippen molar-refractivity contribution in [3.8, 4) is 5.75 Å². The van der Waals surface area contributed by atoms with E-state index in [4.69, 9.17) is 5.11 Å². The minimum Gasteiger partial charge on any atom is -0.492 e. The van der Waals surface area contributed by atoms with Gasteiger partial charge < -0.3 is 9.84 Å². The van der Waals surface area contributed by atoms with Crippen LogP contribution in [0.3, 0.4) is 0 Å². The summed E-state index contributed by atoms with van der Waals surface area (Å²) in [5.41, 5.74) is -0.937. The van der Waals surface area contributed by atoms with Crippen LogP contribution in [0.5, 0.6) is 5.75 Å². The number of hydrogen-bond acceptors (Lipinski definition) is 3. The van der Waals surface area contributed by atoms with Gasteiger partial charge in [0.15, 0.2) is 11.6 Å². The number of nitrogens with zero attached hydrogens (tertiary/aromatic N) is 1. The zero-order valence-corrected chi connectivity index (χ0v) is 7.30. The van der Waals surface area contributed by atoms with E-state index in [1.54, 1.807) is 0 Å². The quantitative estimate of drug-likeness (QED) is 0.819. The van der Waals surface area contributed by atoms with E-state index in [1.807, 2.05) is 0 Å². The molecule has 1 heterocycles. The first-order valence-electron chi connectivity index (χ1n) is 3.72. The van der Waals surface area contributed by atoms with Crippen LogP contribution in [0.4, 0.5) is 13.2 Å². The van der Waals surface area contributed by atoms with E-state index in [0.29, 0.717) is 6.20 Å². The number of aliphatic hydroxyl groups excluding tert-OH is 1. The summed E-state index contributed by atoms with van der Waals surface area (Å²) in [4.78, 5) is 3.46. The van der Waals surface area contributed by atoms with Gasteiger partial charge in [0.2, 0.25) is 0 Å². The van der Waals surface area contributed by atoms with E-state index in [9.17, 15) is 13.2 Å². The Morgan fingerprint density at radius 3 is 2.64 bits per heavy atom. The zero-order valence-electron chi connectivity index (χ0n) is 7.30. The number of pyridine rings is 1. The van der Waals surface area contributed by atoms with Crippen molar-refractivity contribution >= 4 is 0 Å². The Hall–Kier alpha value is -1.30. The second kappa shape index (κ2) is 4.28. The molecule has 0 radical (unpaired) electrons. The van der Waals surface area contributed by atoms with Crippen LogP contribution in [0.1, 0.15) is 17.7 Å². The third-order valence-electron chi connectivity index (χ3n) is 1.66. The molecule has 78 valence electrons. The smallest absolute Gasteiger partial charge is 0.268 e. The lowest BCUT2D eigenvalue weighted by molar-refractivity contribution is 0.144. The molecule has 0 saturated heterocycles. The monoisotopic (exact) mass is 207 g/mol. The van der Waals surface area contributed by atoms with E-state index < -0.39 is 30.2 Å². The first kappa shape index (κ1) is 10.8. The number of aliphatic hydroxyl groups is 1. The molecule has 1 N–H and O–H groups in total. The SMILES string of the molecule is COc1c(CO)ncc(C(F)F)c1F. The maximum Gasteiger partial charge on any atom is 0.268 e. The lowest BCUT2D eigenvalue weighted by Crippen LogP contribution is -2.03. The summed E-state index contributed by atoms with van der Waals surface area (Å²) in [5.74, 6) is -1.62. The number of ether oxygens (including phenoxy) is 1. The molecule has 0 spiro atoms. The molecule has 0 fully saturated rings. The molecule has 1 rings (SSSR count). The van der Waals surface area contributed by atoms with Crippen LogP contribution in [0, 0.1) is 5.82 Å². The molecule has 0 aliphatic carbocycles. The first-order chi connectivity index (χ1) is 6.61. The van der Waals surface area contributed by atoms with E-state index in [-0.39, 0.29) is 5.69 Å². The van der Waals surface area contributed by atoms with Crippen molar-refractivity contribution in [2.45, 2.75) is 13.0 Å². The van der Waals surface area contributed by atoms with Gasteiger partial charge in [-0.15, -0.1) is 0 Å². The van der Waals surface area contributed by atoms with Gasteiger partial charge in [0.1, 0.15) is 5.69 Å². The Kier molecular flexibility index (Phi) is 3.29. The van der Waals surface area contributed by atoms with Crippen molar-refractivity contribution in [1.29, 1.82) is 0 Å². The molecular formula is C8H8F3NO2. The number of hydrogen-bond donors (Lipinski definition) is 1. The molecule has 6 heteroatoms. The van der Waals surface area contributed by atoms with Gasteiger partial charge in [0, 0.05) is 6.20 Å². The van der Waals surface area contributed by atoms with Crippen molar-refractivity contribution in [2.24, 2.45) is 0 Å². The van der Waals surface area contributed by atoms with Crippen molar-refractivity contribution in [3.63, 3.8) is 0 Å². The van der Waals surface area contributed by atoms with Gasteiger partial charge in [0.05, 0.1) is 19.3 Å². The summed E-state index contributed by atoms with van der Waals surface area (Å²) in [6.45, 7) is -0.566. The van der Waals surface area contributed by atoms with Crippen molar-refractivity contribution in [2.75, 3.05) is 7.11 Å². The Bertz CT molecular complexity index is 331. The number of methoxy groups -OCH3 is 1. The topological polar surface area (TPSA) is 42.4 Å². The molecule has 0 aliphatic rings. The summed E-state index contributed by atoms with van der Waals surface area (Å²) in [5, 5.41) is 8.71. The molecule has 0 atom stereocenters. The first-order valence-corrected chi connectivity index (χ1v) is 3.72. The molecule has 0 amide bonds. The number of rotatable bonds is 3. The number of aromatic nitrogens is 1. The number of alkyl halides is 2. The Morgan fingerprint density at radius 1 is 1.57 bits per heavy atom. The van der Waals surface area contributed by atoms with Gasteiger partial charge in [-0.25, -0.2) is 13.2 Å². The summed E-state index contributed by atoms with van der Waals surface area (Å²) < 4.78 is 42.1. The van der Waals surface area contributed by atoms with Crippen LogP contribution in [0.25, 0.3) is 0 Å². The molecule has 3 nitrogen and oxygen atoms in total. The van der Waals surface area contributed by atoms with Crippen LogP contribution in [-0.4, -0.2) is 17.2 Å². The molecule has 14 heavy (non-hydrogen) atoms. The highest BCUT2D eigenvalue weighted by Crippen LogP contribution is 2.29. The fourth-order valence-corrected chi connectivity index (χ4v) is 0.993. The average Bonchev–Trinajstić information content (AvgIpc) is 2.16. The van der Waals surface area contributed by atoms with Crippen LogP contribution < -0.4 is 4.74 Å². The fraction of sp³-hybridized carbons (Fsp3) is 0.375. The minimum absolute atomic E-state index is 0.102. The van der Waals surface area contributed by atoms with E-state index >= 15 is 0 Å². The lowest BCUT2D eigenvalue weighted by atomic mass is 10.2. The van der Waals surface area contributed by atoms with Crippen LogP contribution in [-0.2, 0) is 6.61 Å². The Morgan fingerprint density at radius 2 is 2.21 bits per heavy atom. The normalized spacial score (nSPS) is 10.7. The largest absolute Gasteiger partial charge is 0.492 e. The molecule has 0 unspecified atom stereocenters. The Balaban J connectivity index is 3.27. The van der Waals surface area contributed by atoms with Gasteiger partial charge >= 0.3 is 0 Å². The molecule has 1 aromatic heterocycles. The van der Waals surface area contributed by atoms with Crippen molar-refractivity contribution < 1.29 is 23.0 Å². The molecule has 0 bridgehead atoms. The van der Waals surface area contributed by atoms with E-state index in [2.05, 4.69) is 9.72 Å². The predicted molar refractivity (Wildman–Crippen MR) is 41.6 cm³/mol. The third kappa shape index (κ3) is 1.79. The summed E-state index contributed by atoms with van der Waals surface area (Å²) >= 11 is 0. The van der Waals surface area contributed by atoms with Crippen LogP contribution in [0.2, 0.25) is 0 Å². The van der Waals surface area contributed by atoms with Gasteiger partial charge in [-0.2, -0.15) is 0 Å². The van der Waals surface area contributed by atoms with E-state index in [1.165, 1.54) is 0 Å². The maximum absolute atomic E-state index is 13.2. The van der Waals surface area contributed by atoms with Crippen molar-refractivity contribution in [1.82, 2.24) is 4.98 Å². The van der Waals surface area contributed by atoms with Crippen LogP contribution in [0.15, 0.2) is 6.20 Å². The van der Waals surface area contributed by atoms with Crippen molar-refractivity contribution in [3.05, 3.63) is 23.3 Å². The van der Waals surface area contributed by atoms with Gasteiger partial charge in [-0.3, -0.25) is 4.98 Å².